The first-order valence-corrected chi connectivity index (χ1v) is 10.8. The molecule has 0 radical (unpaired) electrons. The SMILES string of the molecule is C[S+](c1ccccc1)c1ccc(O)cc1.Cc1ccc(S(=O)(=O)[O-])cc1. The van der Waals surface area contributed by atoms with Crippen LogP contribution in [0.3, 0.4) is 0 Å². The quantitative estimate of drug-likeness (QED) is 0.544. The fourth-order valence-corrected chi connectivity index (χ4v) is 3.97. The van der Waals surface area contributed by atoms with Gasteiger partial charge in [-0.15, -0.1) is 0 Å². The van der Waals surface area contributed by atoms with E-state index in [0.29, 0.717) is 5.75 Å². The molecule has 0 fully saturated rings. The maximum Gasteiger partial charge on any atom is 0.160 e. The molecule has 0 aliphatic rings. The largest absolute Gasteiger partial charge is 0.744 e. The maximum atomic E-state index is 10.4. The number of hydrogen-bond donors (Lipinski definition) is 1. The average Bonchev–Trinajstić information content (AvgIpc) is 2.63. The van der Waals surface area contributed by atoms with Crippen molar-refractivity contribution in [3.63, 3.8) is 0 Å². The van der Waals surface area contributed by atoms with E-state index in [1.165, 1.54) is 21.9 Å². The molecule has 0 aromatic heterocycles. The molecule has 4 nitrogen and oxygen atoms in total. The van der Waals surface area contributed by atoms with Crippen LogP contribution in [0.25, 0.3) is 0 Å². The molecule has 0 heterocycles. The monoisotopic (exact) mass is 388 g/mol. The summed E-state index contributed by atoms with van der Waals surface area (Å²) in [6, 6.07) is 23.6. The zero-order valence-electron chi connectivity index (χ0n) is 14.5. The molecule has 0 bridgehead atoms. The van der Waals surface area contributed by atoms with E-state index >= 15 is 0 Å². The Morgan fingerprint density at radius 2 is 1.31 bits per heavy atom. The van der Waals surface area contributed by atoms with Gasteiger partial charge in [0.25, 0.3) is 0 Å². The highest BCUT2D eigenvalue weighted by atomic mass is 32.2. The van der Waals surface area contributed by atoms with E-state index in [-0.39, 0.29) is 15.8 Å². The van der Waals surface area contributed by atoms with Gasteiger partial charge in [0.15, 0.2) is 9.79 Å². The molecule has 26 heavy (non-hydrogen) atoms. The molecule has 0 spiro atoms. The van der Waals surface area contributed by atoms with Crippen LogP contribution in [0.5, 0.6) is 5.75 Å². The number of benzene rings is 3. The standard InChI is InChI=1S/C13H12OS.C7H8O3S/c1-15(12-5-3-2-4-6-12)13-9-7-11(14)8-10-13;1-6-2-4-7(5-3-6)11(8,9)10/h2-10H,1H3;2-5H,1H3,(H,8,9,10). The third-order valence-electron chi connectivity index (χ3n) is 3.60. The van der Waals surface area contributed by atoms with Gasteiger partial charge in [-0.1, -0.05) is 35.9 Å². The summed E-state index contributed by atoms with van der Waals surface area (Å²) < 4.78 is 31.2. The minimum absolute atomic E-state index is 0.0838. The van der Waals surface area contributed by atoms with Crippen LogP contribution in [0.4, 0.5) is 0 Å². The highest BCUT2D eigenvalue weighted by Gasteiger charge is 2.17. The van der Waals surface area contributed by atoms with Crippen LogP contribution in [0.15, 0.2) is 93.5 Å². The summed E-state index contributed by atoms with van der Waals surface area (Å²) in [6.45, 7) is 1.82. The minimum atomic E-state index is -4.27. The molecule has 0 saturated heterocycles. The second kappa shape index (κ2) is 8.89. The molecule has 0 amide bonds. The lowest BCUT2D eigenvalue weighted by Crippen LogP contribution is -1.99. The van der Waals surface area contributed by atoms with Crippen molar-refractivity contribution in [1.29, 1.82) is 0 Å². The Morgan fingerprint density at radius 3 is 1.81 bits per heavy atom. The summed E-state index contributed by atoms with van der Waals surface area (Å²) >= 11 is 0. The molecule has 136 valence electrons. The van der Waals surface area contributed by atoms with Crippen molar-refractivity contribution in [3.8, 4) is 5.75 Å². The van der Waals surface area contributed by atoms with Crippen LogP contribution < -0.4 is 0 Å². The average molecular weight is 389 g/mol. The van der Waals surface area contributed by atoms with Crippen molar-refractivity contribution in [2.45, 2.75) is 21.6 Å². The summed E-state index contributed by atoms with van der Waals surface area (Å²) in [4.78, 5) is 2.39. The van der Waals surface area contributed by atoms with Crippen LogP contribution in [-0.2, 0) is 21.0 Å². The second-order valence-corrected chi connectivity index (χ2v) is 8.93. The van der Waals surface area contributed by atoms with Gasteiger partial charge in [-0.3, -0.25) is 0 Å². The van der Waals surface area contributed by atoms with Gasteiger partial charge in [0.05, 0.1) is 15.8 Å². The summed E-state index contributed by atoms with van der Waals surface area (Å²) in [7, 11) is -4.19. The first kappa shape index (κ1) is 20.0. The van der Waals surface area contributed by atoms with E-state index in [9.17, 15) is 18.1 Å². The lowest BCUT2D eigenvalue weighted by atomic mass is 10.2. The van der Waals surface area contributed by atoms with Gasteiger partial charge in [-0.2, -0.15) is 0 Å². The molecule has 0 saturated carbocycles. The first-order valence-electron chi connectivity index (χ1n) is 7.80. The molecule has 3 aromatic rings. The van der Waals surface area contributed by atoms with Crippen molar-refractivity contribution in [2.75, 3.05) is 6.26 Å². The lowest BCUT2D eigenvalue weighted by Gasteiger charge is -2.05. The fraction of sp³-hybridized carbons (Fsp3) is 0.100. The number of phenols is 1. The van der Waals surface area contributed by atoms with Crippen LogP contribution in [-0.4, -0.2) is 24.3 Å². The summed E-state index contributed by atoms with van der Waals surface area (Å²) in [5.74, 6) is 0.323. The van der Waals surface area contributed by atoms with Crippen molar-refractivity contribution in [3.05, 3.63) is 84.4 Å². The van der Waals surface area contributed by atoms with Crippen molar-refractivity contribution in [1.82, 2.24) is 0 Å². The summed E-state index contributed by atoms with van der Waals surface area (Å²) in [5, 5.41) is 9.21. The van der Waals surface area contributed by atoms with Crippen molar-refractivity contribution < 1.29 is 18.1 Å². The van der Waals surface area contributed by atoms with Gasteiger partial charge in [-0.05, 0) is 55.5 Å². The highest BCUT2D eigenvalue weighted by Crippen LogP contribution is 2.22. The van der Waals surface area contributed by atoms with E-state index in [4.69, 9.17) is 0 Å². The van der Waals surface area contributed by atoms with Crippen molar-refractivity contribution in [2.24, 2.45) is 0 Å². The smallest absolute Gasteiger partial charge is 0.160 e. The van der Waals surface area contributed by atoms with Gasteiger partial charge < -0.3 is 9.66 Å². The third kappa shape index (κ3) is 5.91. The fourth-order valence-electron chi connectivity index (χ4n) is 2.12. The van der Waals surface area contributed by atoms with Crippen LogP contribution in [0.2, 0.25) is 0 Å². The predicted molar refractivity (Wildman–Crippen MR) is 104 cm³/mol. The molecule has 3 aromatic carbocycles. The number of aromatic hydroxyl groups is 1. The van der Waals surface area contributed by atoms with Gasteiger partial charge in [0, 0.05) is 0 Å². The molecule has 1 atom stereocenters. The first-order chi connectivity index (χ1) is 12.3. The van der Waals surface area contributed by atoms with E-state index < -0.39 is 10.1 Å². The van der Waals surface area contributed by atoms with Gasteiger partial charge in [-0.25, -0.2) is 8.42 Å². The Morgan fingerprint density at radius 1 is 0.808 bits per heavy atom. The van der Waals surface area contributed by atoms with E-state index in [1.54, 1.807) is 24.3 Å². The van der Waals surface area contributed by atoms with Gasteiger partial charge in [0.2, 0.25) is 0 Å². The van der Waals surface area contributed by atoms with Gasteiger partial charge in [0.1, 0.15) is 22.1 Å². The van der Waals surface area contributed by atoms with Gasteiger partial charge >= 0.3 is 0 Å². The number of hydrogen-bond acceptors (Lipinski definition) is 4. The molecule has 6 heteroatoms. The number of rotatable bonds is 3. The molecule has 1 unspecified atom stereocenters. The maximum absolute atomic E-state index is 10.4. The second-order valence-electron chi connectivity index (χ2n) is 5.58. The predicted octanol–water partition coefficient (Wildman–Crippen LogP) is 3.96. The Kier molecular flexibility index (Phi) is 6.85. The van der Waals surface area contributed by atoms with Crippen molar-refractivity contribution >= 4 is 21.0 Å². The van der Waals surface area contributed by atoms with Crippen LogP contribution in [0.1, 0.15) is 5.56 Å². The van der Waals surface area contributed by atoms with E-state index in [2.05, 4.69) is 30.5 Å². The molecule has 0 aliphatic carbocycles. The van der Waals surface area contributed by atoms with Crippen LogP contribution >= 0.6 is 0 Å². The molecular formula is C20H20O4S2. The normalized spacial score (nSPS) is 12.0. The zero-order chi connectivity index (χ0) is 19.2. The molecule has 3 rings (SSSR count). The zero-order valence-corrected chi connectivity index (χ0v) is 16.1. The summed E-state index contributed by atoms with van der Waals surface area (Å²) in [6.07, 6.45) is 2.20. The molecular weight excluding hydrogens is 368 g/mol. The molecule has 0 aliphatic heterocycles. The number of phenolic OH excluding ortho intramolecular Hbond substituents is 1. The molecule has 1 N–H and O–H groups in total. The van der Waals surface area contributed by atoms with Crippen LogP contribution in [0, 0.1) is 6.92 Å². The Bertz CT molecular complexity index is 920. The number of aryl methyl sites for hydroxylation is 1. The van der Waals surface area contributed by atoms with E-state index in [0.717, 1.165) is 5.56 Å². The Labute approximate surface area is 157 Å². The third-order valence-corrected chi connectivity index (χ3v) is 6.40. The minimum Gasteiger partial charge on any atom is -0.744 e. The Hall–Kier alpha value is -2.28. The lowest BCUT2D eigenvalue weighted by molar-refractivity contribution is 0.463. The Balaban J connectivity index is 0.000000197. The highest BCUT2D eigenvalue weighted by molar-refractivity contribution is 7.96. The summed E-state index contributed by atoms with van der Waals surface area (Å²) in [5.41, 5.74) is 0.928. The van der Waals surface area contributed by atoms with E-state index in [1.807, 2.05) is 25.1 Å². The topological polar surface area (TPSA) is 77.4 Å².